The highest BCUT2D eigenvalue weighted by molar-refractivity contribution is 5.83. The summed E-state index contributed by atoms with van der Waals surface area (Å²) in [6, 6.07) is 5.39. The van der Waals surface area contributed by atoms with Crippen molar-refractivity contribution < 1.29 is 29.3 Å². The Morgan fingerprint density at radius 2 is 1.60 bits per heavy atom. The normalized spacial score (nSPS) is 15.7. The van der Waals surface area contributed by atoms with Crippen molar-refractivity contribution in [1.29, 1.82) is 0 Å². The average Bonchev–Trinajstić information content (AvgIpc) is 2.75. The second-order valence-electron chi connectivity index (χ2n) is 7.00. The van der Waals surface area contributed by atoms with Crippen LogP contribution in [0.15, 0.2) is 23.8 Å². The molecule has 1 aromatic carbocycles. The van der Waals surface area contributed by atoms with Crippen molar-refractivity contribution in [3.05, 3.63) is 40.5 Å². The maximum atomic E-state index is 11.5. The van der Waals surface area contributed by atoms with Crippen molar-refractivity contribution in [1.82, 2.24) is 0 Å². The zero-order valence-electron chi connectivity index (χ0n) is 15.2. The fourth-order valence-corrected chi connectivity index (χ4v) is 3.76. The van der Waals surface area contributed by atoms with Crippen LogP contribution in [0.1, 0.15) is 57.7 Å². The number of ether oxygens (including phenoxy) is 2. The van der Waals surface area contributed by atoms with Crippen LogP contribution in [-0.2, 0) is 21.7 Å². The molecule has 0 bridgehead atoms. The molecule has 0 amide bonds. The van der Waals surface area contributed by atoms with E-state index in [0.29, 0.717) is 17.6 Å². The minimum atomic E-state index is -1.98. The minimum absolute atomic E-state index is 0.429. The lowest BCUT2D eigenvalue weighted by Crippen LogP contribution is -2.41. The largest absolute Gasteiger partial charge is 0.509 e. The zero-order chi connectivity index (χ0) is 19.0. The Morgan fingerprint density at radius 3 is 2.00 bits per heavy atom. The molecule has 6 heteroatoms. The predicted molar refractivity (Wildman–Crippen MR) is 92.4 cm³/mol. The first-order chi connectivity index (χ1) is 11.6. The molecule has 2 rings (SSSR count). The summed E-state index contributed by atoms with van der Waals surface area (Å²) in [5.41, 5.74) is 3.10. The van der Waals surface area contributed by atoms with E-state index in [1.807, 2.05) is 40.7 Å². The molecule has 0 unspecified atom stereocenters. The molecular weight excluding hydrogens is 324 g/mol. The summed E-state index contributed by atoms with van der Waals surface area (Å²) in [4.78, 5) is 22.9. The highest BCUT2D eigenvalue weighted by atomic mass is 16.8. The monoisotopic (exact) mass is 348 g/mol. The zero-order valence-corrected chi connectivity index (χ0v) is 15.2. The number of carboxylic acid groups (broad SMARTS) is 2. The van der Waals surface area contributed by atoms with Gasteiger partial charge in [0.1, 0.15) is 0 Å². The number of allylic oxidation sites excluding steroid dienone is 1. The summed E-state index contributed by atoms with van der Waals surface area (Å²) in [6.45, 7) is 9.62. The van der Waals surface area contributed by atoms with Gasteiger partial charge in [0.05, 0.1) is 0 Å². The number of aryl methyl sites for hydroxylation is 1. The van der Waals surface area contributed by atoms with Crippen LogP contribution >= 0.6 is 0 Å². The fraction of sp³-hybridized carbons (Fsp3) is 0.474. The van der Waals surface area contributed by atoms with Gasteiger partial charge < -0.3 is 19.7 Å². The maximum Gasteiger partial charge on any atom is 0.509 e. The van der Waals surface area contributed by atoms with Gasteiger partial charge in [0.15, 0.2) is 0 Å². The van der Waals surface area contributed by atoms with Crippen molar-refractivity contribution in [2.45, 2.75) is 53.2 Å². The summed E-state index contributed by atoms with van der Waals surface area (Å²) in [5.74, 6) is -1.98. The van der Waals surface area contributed by atoms with Gasteiger partial charge in [-0.25, -0.2) is 9.59 Å². The van der Waals surface area contributed by atoms with Gasteiger partial charge in [-0.05, 0) is 35.0 Å². The quantitative estimate of drug-likeness (QED) is 0.586. The van der Waals surface area contributed by atoms with Crippen LogP contribution in [0.25, 0.3) is 5.57 Å². The van der Waals surface area contributed by atoms with Crippen LogP contribution in [0.4, 0.5) is 9.59 Å². The van der Waals surface area contributed by atoms with Crippen LogP contribution < -0.4 is 0 Å². The van der Waals surface area contributed by atoms with E-state index >= 15 is 0 Å². The fourth-order valence-electron chi connectivity index (χ4n) is 3.76. The van der Waals surface area contributed by atoms with Gasteiger partial charge in [0.2, 0.25) is 0 Å². The molecule has 0 fully saturated rings. The van der Waals surface area contributed by atoms with E-state index in [0.717, 1.165) is 23.1 Å². The topological polar surface area (TPSA) is 93.1 Å². The van der Waals surface area contributed by atoms with E-state index in [1.165, 1.54) is 0 Å². The first-order valence-electron chi connectivity index (χ1n) is 8.29. The lowest BCUT2D eigenvalue weighted by Gasteiger charge is -2.36. The first-order valence-corrected chi connectivity index (χ1v) is 8.29. The molecule has 2 N–H and O–H groups in total. The smallest absolute Gasteiger partial charge is 0.450 e. The van der Waals surface area contributed by atoms with Gasteiger partial charge >= 0.3 is 18.1 Å². The summed E-state index contributed by atoms with van der Waals surface area (Å²) < 4.78 is 10.3. The van der Waals surface area contributed by atoms with Crippen molar-refractivity contribution in [3.8, 4) is 0 Å². The van der Waals surface area contributed by atoms with Crippen LogP contribution in [0.5, 0.6) is 0 Å². The van der Waals surface area contributed by atoms with E-state index in [-0.39, 0.29) is 0 Å². The Morgan fingerprint density at radius 1 is 1.04 bits per heavy atom. The molecule has 0 atom stereocenters. The summed E-state index contributed by atoms with van der Waals surface area (Å²) in [6.07, 6.45) is -1.86. The molecule has 0 saturated carbocycles. The summed E-state index contributed by atoms with van der Waals surface area (Å²) in [5, 5.41) is 18.7. The molecular formula is C19H24O6. The van der Waals surface area contributed by atoms with E-state index in [1.54, 1.807) is 12.1 Å². The highest BCUT2D eigenvalue weighted by Crippen LogP contribution is 2.56. The number of hydrogen-bond donors (Lipinski definition) is 2. The standard InChI is InChI=1S/C19H24O6/c1-6-11-9-8-10-13-14(11)12(7-2)15(18(3,4)5)19(13,24-16(20)21)25-17(22)23/h8-10H,6-7H2,1-5H3,(H,20,21)(H,22,23). The average molecular weight is 348 g/mol. The SMILES string of the molecule is CCC1=C(C(C)(C)C)C(OC(=O)O)(OC(=O)O)c2cccc(CC)c21. The molecule has 6 nitrogen and oxygen atoms in total. The molecule has 0 spiro atoms. The number of carbonyl (C=O) groups is 2. The van der Waals surface area contributed by atoms with Gasteiger partial charge in [-0.15, -0.1) is 0 Å². The van der Waals surface area contributed by atoms with Crippen molar-refractivity contribution in [2.75, 3.05) is 0 Å². The molecule has 1 aromatic rings. The molecule has 0 saturated heterocycles. The Kier molecular flexibility index (Phi) is 4.84. The van der Waals surface area contributed by atoms with E-state index in [9.17, 15) is 19.8 Å². The predicted octanol–water partition coefficient (Wildman–Crippen LogP) is 5.01. The van der Waals surface area contributed by atoms with E-state index in [2.05, 4.69) is 0 Å². The van der Waals surface area contributed by atoms with Gasteiger partial charge in [0.25, 0.3) is 0 Å². The minimum Gasteiger partial charge on any atom is -0.450 e. The number of rotatable bonds is 4. The molecule has 0 aromatic heterocycles. The van der Waals surface area contributed by atoms with Gasteiger partial charge in [-0.1, -0.05) is 52.8 Å². The van der Waals surface area contributed by atoms with Crippen molar-refractivity contribution >= 4 is 17.9 Å². The Hall–Kier alpha value is -2.50. The molecule has 25 heavy (non-hydrogen) atoms. The Balaban J connectivity index is 2.95. The van der Waals surface area contributed by atoms with Gasteiger partial charge in [-0.3, -0.25) is 0 Å². The van der Waals surface area contributed by atoms with Crippen molar-refractivity contribution in [3.63, 3.8) is 0 Å². The lowest BCUT2D eigenvalue weighted by atomic mass is 9.79. The van der Waals surface area contributed by atoms with Crippen LogP contribution in [-0.4, -0.2) is 22.5 Å². The van der Waals surface area contributed by atoms with E-state index < -0.39 is 23.5 Å². The second-order valence-corrected chi connectivity index (χ2v) is 7.00. The Bertz CT molecular complexity index is 723. The molecule has 136 valence electrons. The Labute approximate surface area is 147 Å². The third kappa shape index (κ3) is 3.08. The van der Waals surface area contributed by atoms with Gasteiger partial charge in [0, 0.05) is 11.1 Å². The molecule has 0 aliphatic heterocycles. The van der Waals surface area contributed by atoms with Crippen LogP contribution in [0.2, 0.25) is 0 Å². The molecule has 0 radical (unpaired) electrons. The van der Waals surface area contributed by atoms with E-state index in [4.69, 9.17) is 9.47 Å². The first kappa shape index (κ1) is 18.8. The number of fused-ring (bicyclic) bond motifs is 1. The molecule has 0 heterocycles. The third-order valence-corrected chi connectivity index (χ3v) is 4.38. The summed E-state index contributed by atoms with van der Waals surface area (Å²) >= 11 is 0. The lowest BCUT2D eigenvalue weighted by molar-refractivity contribution is -0.169. The van der Waals surface area contributed by atoms with Crippen LogP contribution in [0, 0.1) is 5.41 Å². The molecule has 1 aliphatic carbocycles. The highest BCUT2D eigenvalue weighted by Gasteiger charge is 2.56. The van der Waals surface area contributed by atoms with Crippen molar-refractivity contribution in [2.24, 2.45) is 5.41 Å². The van der Waals surface area contributed by atoms with Crippen LogP contribution in [0.3, 0.4) is 0 Å². The number of benzene rings is 1. The maximum absolute atomic E-state index is 11.5. The second kappa shape index (κ2) is 6.43. The molecule has 1 aliphatic rings. The number of hydrogen-bond acceptors (Lipinski definition) is 4. The third-order valence-electron chi connectivity index (χ3n) is 4.38. The van der Waals surface area contributed by atoms with Gasteiger partial charge in [-0.2, -0.15) is 0 Å². The summed E-state index contributed by atoms with van der Waals surface area (Å²) in [7, 11) is 0.